The van der Waals surface area contributed by atoms with Gasteiger partial charge < -0.3 is 28.6 Å². The SMILES string of the molecule is CCCC1(OC)CCCC[Si]1(OC)OC.O=C([O-])[O-].[Ca+2]. The van der Waals surface area contributed by atoms with Crippen LogP contribution < -0.4 is 10.2 Å². The molecule has 20 heavy (non-hydrogen) atoms. The van der Waals surface area contributed by atoms with Gasteiger partial charge in [0.05, 0.1) is 0 Å². The predicted molar refractivity (Wildman–Crippen MR) is 74.2 cm³/mol. The average molecular weight is 332 g/mol. The van der Waals surface area contributed by atoms with E-state index in [9.17, 15) is 0 Å². The zero-order valence-corrected chi connectivity index (χ0v) is 16.1. The molecule has 0 radical (unpaired) electrons. The molecule has 1 rings (SSSR count). The molecule has 6 nitrogen and oxygen atoms in total. The van der Waals surface area contributed by atoms with Gasteiger partial charge in [-0.15, -0.1) is 0 Å². The molecular formula is C12H24CaO6Si. The Balaban J connectivity index is 0. The zero-order chi connectivity index (χ0) is 14.9. The maximum atomic E-state index is 8.33. The normalized spacial score (nSPS) is 24.0. The third-order valence-electron chi connectivity index (χ3n) is 3.73. The molecule has 0 aliphatic carbocycles. The molecule has 0 aromatic carbocycles. The van der Waals surface area contributed by atoms with E-state index < -0.39 is 14.7 Å². The first kappa shape index (κ1) is 22.9. The van der Waals surface area contributed by atoms with E-state index in [-0.39, 0.29) is 43.0 Å². The van der Waals surface area contributed by atoms with Gasteiger partial charge in [0.25, 0.3) is 0 Å². The van der Waals surface area contributed by atoms with Crippen LogP contribution in [-0.4, -0.2) is 79.0 Å². The summed E-state index contributed by atoms with van der Waals surface area (Å²) in [5.74, 6) is 0. The van der Waals surface area contributed by atoms with Gasteiger partial charge in [-0.3, -0.25) is 0 Å². The zero-order valence-electron chi connectivity index (χ0n) is 12.9. The first-order valence-corrected chi connectivity index (χ1v) is 8.49. The summed E-state index contributed by atoms with van der Waals surface area (Å²) in [6.45, 7) is 2.19. The molecule has 1 aliphatic rings. The Morgan fingerprint density at radius 2 is 1.70 bits per heavy atom. The van der Waals surface area contributed by atoms with Crippen molar-refractivity contribution in [3.63, 3.8) is 0 Å². The van der Waals surface area contributed by atoms with Gasteiger partial charge in [0.2, 0.25) is 0 Å². The first-order valence-electron chi connectivity index (χ1n) is 6.47. The van der Waals surface area contributed by atoms with Crippen molar-refractivity contribution >= 4 is 52.5 Å². The van der Waals surface area contributed by atoms with E-state index in [1.165, 1.54) is 12.8 Å². The summed E-state index contributed by atoms with van der Waals surface area (Å²) < 4.78 is 17.4. The molecule has 114 valence electrons. The van der Waals surface area contributed by atoms with E-state index in [4.69, 9.17) is 28.6 Å². The molecule has 0 aromatic heterocycles. The molecule has 1 heterocycles. The van der Waals surface area contributed by atoms with Crippen molar-refractivity contribution in [2.24, 2.45) is 0 Å². The van der Waals surface area contributed by atoms with Crippen LogP contribution in [0.15, 0.2) is 0 Å². The van der Waals surface area contributed by atoms with Gasteiger partial charge in [-0.05, 0) is 25.0 Å². The minimum atomic E-state index is -2.33. The Hall–Kier alpha value is 0.627. The molecule has 8 heteroatoms. The van der Waals surface area contributed by atoms with Gasteiger partial charge >= 0.3 is 46.3 Å². The maximum absolute atomic E-state index is 8.33. The van der Waals surface area contributed by atoms with Crippen molar-refractivity contribution in [3.05, 3.63) is 0 Å². The number of carboxylic acid groups (broad SMARTS) is 2. The number of rotatable bonds is 5. The third-order valence-corrected chi connectivity index (χ3v) is 8.16. The van der Waals surface area contributed by atoms with Gasteiger partial charge in [-0.1, -0.05) is 26.2 Å². The van der Waals surface area contributed by atoms with Gasteiger partial charge in [0.15, 0.2) is 0 Å². The summed E-state index contributed by atoms with van der Waals surface area (Å²) in [6.07, 6.45) is 3.37. The summed E-state index contributed by atoms with van der Waals surface area (Å²) in [7, 11) is 3.22. The molecule has 0 spiro atoms. The minimum absolute atomic E-state index is 0. The van der Waals surface area contributed by atoms with Gasteiger partial charge in [-0.2, -0.15) is 0 Å². The van der Waals surface area contributed by atoms with Crippen molar-refractivity contribution in [1.29, 1.82) is 0 Å². The van der Waals surface area contributed by atoms with Crippen LogP contribution in [0.4, 0.5) is 4.79 Å². The van der Waals surface area contributed by atoms with Crippen molar-refractivity contribution < 1.29 is 28.6 Å². The van der Waals surface area contributed by atoms with Crippen LogP contribution >= 0.6 is 0 Å². The van der Waals surface area contributed by atoms with E-state index in [0.29, 0.717) is 0 Å². The van der Waals surface area contributed by atoms with E-state index >= 15 is 0 Å². The van der Waals surface area contributed by atoms with Crippen LogP contribution in [0.1, 0.15) is 39.0 Å². The second-order valence-electron chi connectivity index (χ2n) is 4.57. The summed E-state index contributed by atoms with van der Waals surface area (Å²) in [6, 6.07) is 1.06. The fraction of sp³-hybridized carbons (Fsp3) is 0.917. The number of hydrogen-bond acceptors (Lipinski definition) is 6. The van der Waals surface area contributed by atoms with Gasteiger partial charge in [0, 0.05) is 21.3 Å². The molecule has 1 fully saturated rings. The summed E-state index contributed by atoms with van der Waals surface area (Å²) in [5.41, 5.74) is 0. The Bertz CT molecular complexity index is 267. The first-order chi connectivity index (χ1) is 8.93. The van der Waals surface area contributed by atoms with Crippen LogP contribution in [0.25, 0.3) is 0 Å². The minimum Gasteiger partial charge on any atom is -0.652 e. The standard InChI is InChI=1S/C11H24O3Si.CH2O3.Ca/c1-5-8-11(12-2)9-6-7-10-15(11,13-3)14-4;2-1(3)4;/h5-10H2,1-4H3;(H2,2,3,4);/q;;+2/p-2. The Kier molecular flexibility index (Phi) is 12.9. The Morgan fingerprint density at radius 3 is 2.05 bits per heavy atom. The summed E-state index contributed by atoms with van der Waals surface area (Å²) >= 11 is 0. The van der Waals surface area contributed by atoms with E-state index in [1.807, 2.05) is 0 Å². The molecule has 0 saturated carbocycles. The molecule has 1 aliphatic heterocycles. The van der Waals surface area contributed by atoms with Crippen molar-refractivity contribution in [2.45, 2.75) is 50.3 Å². The Labute approximate surface area is 152 Å². The molecule has 0 bridgehead atoms. The van der Waals surface area contributed by atoms with Crippen molar-refractivity contribution in [3.8, 4) is 0 Å². The smallest absolute Gasteiger partial charge is 0.652 e. The van der Waals surface area contributed by atoms with Crippen LogP contribution in [0.5, 0.6) is 0 Å². The van der Waals surface area contributed by atoms with E-state index in [1.54, 1.807) is 21.3 Å². The van der Waals surface area contributed by atoms with Gasteiger partial charge in [-0.25, -0.2) is 0 Å². The predicted octanol–water partition coefficient (Wildman–Crippen LogP) is -0.198. The second kappa shape index (κ2) is 11.2. The second-order valence-corrected chi connectivity index (χ2v) is 8.30. The summed E-state index contributed by atoms with van der Waals surface area (Å²) in [4.78, 5) is 8.33. The monoisotopic (exact) mass is 332 g/mol. The number of ether oxygens (including phenoxy) is 1. The van der Waals surface area contributed by atoms with Crippen LogP contribution in [0, 0.1) is 0 Å². The average Bonchev–Trinajstić information content (AvgIpc) is 2.39. The fourth-order valence-electron chi connectivity index (χ4n) is 2.92. The molecule has 1 saturated heterocycles. The number of carbonyl (C=O) groups is 1. The molecule has 0 aromatic rings. The van der Waals surface area contributed by atoms with Gasteiger partial charge in [0.1, 0.15) is 5.22 Å². The Morgan fingerprint density at radius 1 is 1.20 bits per heavy atom. The van der Waals surface area contributed by atoms with E-state index in [2.05, 4.69) is 6.92 Å². The molecule has 0 amide bonds. The van der Waals surface area contributed by atoms with E-state index in [0.717, 1.165) is 25.3 Å². The van der Waals surface area contributed by atoms with Crippen LogP contribution in [0.2, 0.25) is 6.04 Å². The molecule has 1 atom stereocenters. The topological polar surface area (TPSA) is 90.9 Å². The molecule has 1 unspecified atom stereocenters. The quantitative estimate of drug-likeness (QED) is 0.648. The van der Waals surface area contributed by atoms with Crippen LogP contribution in [0.3, 0.4) is 0 Å². The fourth-order valence-corrected chi connectivity index (χ4v) is 6.91. The number of methoxy groups -OCH3 is 1. The molecular weight excluding hydrogens is 308 g/mol. The number of hydrogen-bond donors (Lipinski definition) is 0. The number of carbonyl (C=O) groups excluding carboxylic acids is 1. The van der Waals surface area contributed by atoms with Crippen molar-refractivity contribution in [1.82, 2.24) is 0 Å². The summed E-state index contributed by atoms with van der Waals surface area (Å²) in [5, 5.41) is 16.5. The van der Waals surface area contributed by atoms with Crippen molar-refractivity contribution in [2.75, 3.05) is 21.3 Å². The van der Waals surface area contributed by atoms with Crippen LogP contribution in [-0.2, 0) is 13.6 Å². The molecule has 0 N–H and O–H groups in total. The maximum Gasteiger partial charge on any atom is 2.00 e. The third kappa shape index (κ3) is 5.79. The largest absolute Gasteiger partial charge is 2.00 e.